The van der Waals surface area contributed by atoms with Crippen LogP contribution in [0.15, 0.2) is 0 Å². The van der Waals surface area contributed by atoms with Crippen LogP contribution in [-0.2, 0) is 0 Å². The quantitative estimate of drug-likeness (QED) is 0.734. The van der Waals surface area contributed by atoms with Gasteiger partial charge in [0.05, 0.1) is 0 Å². The van der Waals surface area contributed by atoms with Gasteiger partial charge in [-0.25, -0.2) is 0 Å². The molecule has 5 heteroatoms. The Morgan fingerprint density at radius 3 is 1.23 bits per heavy atom. The third kappa shape index (κ3) is 3.55. The summed E-state index contributed by atoms with van der Waals surface area (Å²) < 4.78 is 5.12. The van der Waals surface area contributed by atoms with Crippen molar-refractivity contribution in [3.8, 4) is 0 Å². The molecule has 0 unspecified atom stereocenters. The predicted octanol–water partition coefficient (Wildman–Crippen LogP) is 2.10. The van der Waals surface area contributed by atoms with Gasteiger partial charge in [0.25, 0.3) is 0 Å². The Bertz CT molecular complexity index is 149. The largest absolute Gasteiger partial charge is 0.261 e. The molecule has 0 aliphatic carbocycles. The third-order valence-electron chi connectivity index (χ3n) is 1.98. The lowest BCUT2D eigenvalue weighted by molar-refractivity contribution is 0.670. The van der Waals surface area contributed by atoms with E-state index in [1.165, 1.54) is 0 Å². The molecule has 0 heterocycles. The summed E-state index contributed by atoms with van der Waals surface area (Å²) >= 11 is 0.0674. The van der Waals surface area contributed by atoms with Crippen LogP contribution in [0.25, 0.3) is 0 Å². The second kappa shape index (κ2) is 5.16. The topological polar surface area (TPSA) is 6.48 Å². The second-order valence-corrected chi connectivity index (χ2v) is 12.6. The number of rotatable bonds is 4. The summed E-state index contributed by atoms with van der Waals surface area (Å²) in [6.45, 7) is 0. The van der Waals surface area contributed by atoms with E-state index in [1.54, 1.807) is 0 Å². The Kier molecular flexibility index (Phi) is 5.55. The van der Waals surface area contributed by atoms with Crippen LogP contribution in [-0.4, -0.2) is 59.1 Å². The van der Waals surface area contributed by atoms with Crippen LogP contribution in [0.2, 0.25) is 0 Å². The van der Waals surface area contributed by atoms with E-state index in [-0.39, 0.29) is 22.2 Å². The molecule has 0 rings (SSSR count). The molecular formula is C8H26N2S3. The minimum atomic E-state index is -0.713. The van der Waals surface area contributed by atoms with Gasteiger partial charge in [-0.2, -0.15) is 25.3 Å². The third-order valence-corrected chi connectivity index (χ3v) is 12.4. The monoisotopic (exact) mass is 246 g/mol. The highest BCUT2D eigenvalue weighted by Gasteiger charge is 2.26. The highest BCUT2D eigenvalue weighted by Crippen LogP contribution is 2.60. The maximum absolute atomic E-state index is 2.73. The van der Waals surface area contributed by atoms with Crippen molar-refractivity contribution in [3.05, 3.63) is 0 Å². The summed E-state index contributed by atoms with van der Waals surface area (Å²) in [4.78, 5) is 0. The Balaban J connectivity index is 4.73. The lowest BCUT2D eigenvalue weighted by atomic mass is 11.3. The van der Waals surface area contributed by atoms with Gasteiger partial charge in [0.1, 0.15) is 0 Å². The summed E-state index contributed by atoms with van der Waals surface area (Å²) in [6.07, 6.45) is 14.2. The van der Waals surface area contributed by atoms with Crippen LogP contribution < -0.4 is 0 Å². The molecule has 0 amide bonds. The molecule has 0 bridgehead atoms. The molecule has 0 aromatic heterocycles. The molecule has 0 fully saturated rings. The zero-order valence-corrected chi connectivity index (χ0v) is 12.8. The zero-order valence-electron chi connectivity index (χ0n) is 10.2. The van der Waals surface area contributed by atoms with E-state index in [1.807, 2.05) is 0 Å². The molecule has 86 valence electrons. The normalized spacial score (nSPS) is 16.5. The summed E-state index contributed by atoms with van der Waals surface area (Å²) in [5.74, 6) is 0. The van der Waals surface area contributed by atoms with Crippen molar-refractivity contribution >= 4 is 32.6 Å². The molecule has 0 saturated heterocycles. The van der Waals surface area contributed by atoms with E-state index >= 15 is 0 Å². The standard InChI is InChI=1S/C8H26N2S3/c1-9(2)13(7,8)10(11(3)4)12(5)6/h11-12H,1-8H3. The molecule has 0 radical (unpaired) electrons. The minimum absolute atomic E-state index is 0.0337. The fraction of sp³-hybridized carbons (Fsp3) is 1.00. The van der Waals surface area contributed by atoms with Crippen molar-refractivity contribution in [1.82, 2.24) is 7.42 Å². The van der Waals surface area contributed by atoms with Crippen LogP contribution in [0.3, 0.4) is 0 Å². The lowest BCUT2D eigenvalue weighted by Crippen LogP contribution is -2.30. The predicted molar refractivity (Wildman–Crippen MR) is 76.6 cm³/mol. The van der Waals surface area contributed by atoms with E-state index in [2.05, 4.69) is 59.1 Å². The SMILES string of the molecule is CN(C)S(C)(C)N([SH](C)C)[SH](C)C. The number of hydrogen-bond acceptors (Lipinski definition) is 2. The molecular weight excluding hydrogens is 220 g/mol. The molecule has 0 atom stereocenters. The molecule has 0 aliphatic rings. The average Bonchev–Trinajstić information content (AvgIpc) is 1.82. The highest BCUT2D eigenvalue weighted by atomic mass is 32.4. The second-order valence-electron chi connectivity index (χ2n) is 3.98. The molecule has 0 N–H and O–H groups in total. The molecule has 0 aliphatic heterocycles. The highest BCUT2D eigenvalue weighted by molar-refractivity contribution is 8.47. The van der Waals surface area contributed by atoms with Gasteiger partial charge in [-0.1, -0.05) is 0 Å². The van der Waals surface area contributed by atoms with E-state index < -0.39 is 10.4 Å². The molecule has 0 aromatic carbocycles. The first-order valence-corrected chi connectivity index (χ1v) is 11.0. The molecule has 0 spiro atoms. The Hall–Kier alpha value is 0.970. The van der Waals surface area contributed by atoms with Crippen LogP contribution in [0.4, 0.5) is 0 Å². The van der Waals surface area contributed by atoms with Gasteiger partial charge in [-0.3, -0.25) is 4.31 Å². The summed E-state index contributed by atoms with van der Waals surface area (Å²) in [6, 6.07) is 0. The zero-order chi connectivity index (χ0) is 10.8. The Morgan fingerprint density at radius 2 is 1.15 bits per heavy atom. The summed E-state index contributed by atoms with van der Waals surface area (Å²) in [5, 5.41) is 0. The number of hydrogen-bond donors (Lipinski definition) is 2. The average molecular weight is 247 g/mol. The maximum atomic E-state index is 2.73. The van der Waals surface area contributed by atoms with Gasteiger partial charge >= 0.3 is 0 Å². The van der Waals surface area contributed by atoms with Crippen molar-refractivity contribution in [2.75, 3.05) is 51.6 Å². The van der Waals surface area contributed by atoms with E-state index in [4.69, 9.17) is 0 Å². The van der Waals surface area contributed by atoms with E-state index in [0.717, 1.165) is 0 Å². The van der Waals surface area contributed by atoms with Gasteiger partial charge in [0.15, 0.2) is 0 Å². The fourth-order valence-corrected chi connectivity index (χ4v) is 11.7. The van der Waals surface area contributed by atoms with E-state index in [0.29, 0.717) is 0 Å². The van der Waals surface area contributed by atoms with Crippen molar-refractivity contribution in [3.63, 3.8) is 0 Å². The molecule has 13 heavy (non-hydrogen) atoms. The van der Waals surface area contributed by atoms with Crippen molar-refractivity contribution in [2.24, 2.45) is 0 Å². The lowest BCUT2D eigenvalue weighted by Gasteiger charge is -2.53. The van der Waals surface area contributed by atoms with Gasteiger partial charge in [-0.05, 0) is 51.6 Å². The van der Waals surface area contributed by atoms with Gasteiger partial charge in [-0.15, -0.1) is 10.4 Å². The van der Waals surface area contributed by atoms with Crippen molar-refractivity contribution in [2.45, 2.75) is 0 Å². The van der Waals surface area contributed by atoms with Crippen LogP contribution in [0, 0.1) is 0 Å². The maximum Gasteiger partial charge on any atom is -0.00320 e. The number of thiol groups is 2. The van der Waals surface area contributed by atoms with Crippen LogP contribution >= 0.6 is 32.6 Å². The first-order valence-electron chi connectivity index (χ1n) is 4.26. The van der Waals surface area contributed by atoms with Gasteiger partial charge in [0.2, 0.25) is 0 Å². The molecule has 0 saturated carbocycles. The fourth-order valence-electron chi connectivity index (χ4n) is 1.30. The van der Waals surface area contributed by atoms with E-state index in [9.17, 15) is 0 Å². The number of nitrogens with zero attached hydrogens (tertiary/aromatic N) is 2. The minimum Gasteiger partial charge on any atom is -0.261 e. The van der Waals surface area contributed by atoms with Gasteiger partial charge < -0.3 is 0 Å². The van der Waals surface area contributed by atoms with Gasteiger partial charge in [0, 0.05) is 0 Å². The van der Waals surface area contributed by atoms with Crippen molar-refractivity contribution < 1.29 is 0 Å². The first kappa shape index (κ1) is 14.0. The van der Waals surface area contributed by atoms with Crippen molar-refractivity contribution in [1.29, 1.82) is 0 Å². The summed E-state index contributed by atoms with van der Waals surface area (Å²) in [7, 11) is 3.68. The first-order chi connectivity index (χ1) is 5.71. The smallest absolute Gasteiger partial charge is 0.00320 e. The molecule has 0 aromatic rings. The Labute approximate surface area is 91.6 Å². The Morgan fingerprint density at radius 1 is 0.846 bits per heavy atom. The summed E-state index contributed by atoms with van der Waals surface area (Å²) in [5.41, 5.74) is 0. The molecule has 2 nitrogen and oxygen atoms in total. The van der Waals surface area contributed by atoms with Crippen LogP contribution in [0.1, 0.15) is 0 Å². The van der Waals surface area contributed by atoms with Crippen LogP contribution in [0.5, 0.6) is 0 Å².